The summed E-state index contributed by atoms with van der Waals surface area (Å²) in [5.41, 5.74) is 0. The van der Waals surface area contributed by atoms with E-state index < -0.39 is 0 Å². The molecule has 0 unspecified atom stereocenters. The molecule has 1 heterocycles. The molecule has 1 fully saturated rings. The molecule has 0 aliphatic carbocycles. The van der Waals surface area contributed by atoms with Gasteiger partial charge in [0.15, 0.2) is 0 Å². The molecule has 0 aromatic carbocycles. The van der Waals surface area contributed by atoms with Gasteiger partial charge in [0.1, 0.15) is 6.10 Å². The lowest BCUT2D eigenvalue weighted by atomic mass is 10.3. The third-order valence-electron chi connectivity index (χ3n) is 1.51. The number of hydrogen-bond acceptors (Lipinski definition) is 2. The fourth-order valence-corrected chi connectivity index (χ4v) is 0.862. The van der Waals surface area contributed by atoms with Crippen molar-refractivity contribution in [3.8, 4) is 0 Å². The van der Waals surface area contributed by atoms with Crippen molar-refractivity contribution in [1.82, 2.24) is 4.90 Å². The summed E-state index contributed by atoms with van der Waals surface area (Å²) in [5.74, 6) is 0. The second-order valence-electron chi connectivity index (χ2n) is 2.29. The van der Waals surface area contributed by atoms with Crippen LogP contribution in [0.15, 0.2) is 0 Å². The minimum Gasteiger partial charge on any atom is -0.444 e. The SMILES string of the molecule is CC[C@@H]1CN(C)C(=O)O1. The zero-order valence-corrected chi connectivity index (χ0v) is 5.76. The predicted molar refractivity (Wildman–Crippen MR) is 33.2 cm³/mol. The quantitative estimate of drug-likeness (QED) is 0.525. The Labute approximate surface area is 54.6 Å². The first-order chi connectivity index (χ1) is 4.24. The van der Waals surface area contributed by atoms with E-state index in [0.29, 0.717) is 0 Å². The Kier molecular flexibility index (Phi) is 1.60. The van der Waals surface area contributed by atoms with Crippen LogP contribution in [0.1, 0.15) is 13.3 Å². The Morgan fingerprint density at radius 1 is 1.89 bits per heavy atom. The van der Waals surface area contributed by atoms with E-state index in [0.717, 1.165) is 13.0 Å². The normalized spacial score (nSPS) is 26.7. The van der Waals surface area contributed by atoms with Gasteiger partial charge in [0.2, 0.25) is 0 Å². The van der Waals surface area contributed by atoms with Crippen LogP contribution in [-0.4, -0.2) is 30.7 Å². The average Bonchev–Trinajstić information content (AvgIpc) is 2.13. The first-order valence-corrected chi connectivity index (χ1v) is 3.15. The molecule has 0 aromatic heterocycles. The van der Waals surface area contributed by atoms with Crippen molar-refractivity contribution in [2.45, 2.75) is 19.4 Å². The van der Waals surface area contributed by atoms with Gasteiger partial charge >= 0.3 is 6.09 Å². The summed E-state index contributed by atoms with van der Waals surface area (Å²) in [7, 11) is 1.75. The number of rotatable bonds is 1. The van der Waals surface area contributed by atoms with Crippen LogP contribution in [0.2, 0.25) is 0 Å². The molecule has 52 valence electrons. The maximum atomic E-state index is 10.6. The van der Waals surface area contributed by atoms with Crippen LogP contribution in [0.3, 0.4) is 0 Å². The highest BCUT2D eigenvalue weighted by Crippen LogP contribution is 2.10. The minimum atomic E-state index is -0.193. The number of carbonyl (C=O) groups excluding carboxylic acids is 1. The van der Waals surface area contributed by atoms with Crippen molar-refractivity contribution >= 4 is 6.09 Å². The Balaban J connectivity index is 2.44. The van der Waals surface area contributed by atoms with E-state index in [4.69, 9.17) is 4.74 Å². The van der Waals surface area contributed by atoms with Gasteiger partial charge in [-0.25, -0.2) is 4.79 Å². The van der Waals surface area contributed by atoms with Crippen LogP contribution in [0.4, 0.5) is 4.79 Å². The molecule has 3 nitrogen and oxygen atoms in total. The minimum absolute atomic E-state index is 0.127. The van der Waals surface area contributed by atoms with E-state index in [-0.39, 0.29) is 12.2 Å². The van der Waals surface area contributed by atoms with Crippen molar-refractivity contribution in [3.63, 3.8) is 0 Å². The molecule has 0 radical (unpaired) electrons. The summed E-state index contributed by atoms with van der Waals surface area (Å²) in [6, 6.07) is 0. The predicted octanol–water partition coefficient (Wildman–Crippen LogP) is 0.847. The van der Waals surface area contributed by atoms with Crippen LogP contribution >= 0.6 is 0 Å². The highest BCUT2D eigenvalue weighted by Gasteiger charge is 2.25. The van der Waals surface area contributed by atoms with Gasteiger partial charge in [-0.1, -0.05) is 6.92 Å². The standard InChI is InChI=1S/C6H11NO2/c1-3-5-4-7(2)6(8)9-5/h5H,3-4H2,1-2H3/t5-/m1/s1. The van der Waals surface area contributed by atoms with Gasteiger partial charge in [-0.2, -0.15) is 0 Å². The van der Waals surface area contributed by atoms with Crippen LogP contribution in [0.25, 0.3) is 0 Å². The van der Waals surface area contributed by atoms with Gasteiger partial charge in [0.05, 0.1) is 6.54 Å². The monoisotopic (exact) mass is 129 g/mol. The Morgan fingerprint density at radius 3 is 2.78 bits per heavy atom. The molecule has 1 atom stereocenters. The molecule has 0 aromatic rings. The maximum Gasteiger partial charge on any atom is 0.409 e. The highest BCUT2D eigenvalue weighted by atomic mass is 16.6. The summed E-state index contributed by atoms with van der Waals surface area (Å²) in [6.07, 6.45) is 0.847. The molecule has 0 saturated carbocycles. The third-order valence-corrected chi connectivity index (χ3v) is 1.51. The lowest BCUT2D eigenvalue weighted by molar-refractivity contribution is 0.132. The third kappa shape index (κ3) is 1.15. The number of ether oxygens (including phenoxy) is 1. The number of cyclic esters (lactones) is 1. The molecule has 1 amide bonds. The first-order valence-electron chi connectivity index (χ1n) is 3.15. The Bertz CT molecular complexity index is 124. The van der Waals surface area contributed by atoms with Gasteiger partial charge in [0, 0.05) is 7.05 Å². The van der Waals surface area contributed by atoms with Gasteiger partial charge in [-0.15, -0.1) is 0 Å². The molecule has 1 saturated heterocycles. The van der Waals surface area contributed by atoms with Gasteiger partial charge < -0.3 is 9.64 Å². The molecule has 9 heavy (non-hydrogen) atoms. The molecule has 1 aliphatic rings. The van der Waals surface area contributed by atoms with Crippen LogP contribution in [-0.2, 0) is 4.74 Å². The number of amides is 1. The van der Waals surface area contributed by atoms with Crippen molar-refractivity contribution in [2.75, 3.05) is 13.6 Å². The number of likely N-dealkylation sites (N-methyl/N-ethyl adjacent to an activating group) is 1. The lowest BCUT2D eigenvalue weighted by Crippen LogP contribution is -2.18. The first kappa shape index (κ1) is 6.39. The largest absolute Gasteiger partial charge is 0.444 e. The van der Waals surface area contributed by atoms with Gasteiger partial charge in [-0.05, 0) is 6.42 Å². The topological polar surface area (TPSA) is 29.5 Å². The molecule has 1 aliphatic heterocycles. The fraction of sp³-hybridized carbons (Fsp3) is 0.833. The second-order valence-corrected chi connectivity index (χ2v) is 2.29. The fourth-order valence-electron chi connectivity index (χ4n) is 0.862. The number of nitrogens with zero attached hydrogens (tertiary/aromatic N) is 1. The van der Waals surface area contributed by atoms with Crippen LogP contribution < -0.4 is 0 Å². The number of hydrogen-bond donors (Lipinski definition) is 0. The van der Waals surface area contributed by atoms with Gasteiger partial charge in [0.25, 0.3) is 0 Å². The van der Waals surface area contributed by atoms with Crippen LogP contribution in [0, 0.1) is 0 Å². The van der Waals surface area contributed by atoms with Crippen LogP contribution in [0.5, 0.6) is 0 Å². The molecule has 3 heteroatoms. The summed E-state index contributed by atoms with van der Waals surface area (Å²) >= 11 is 0. The summed E-state index contributed by atoms with van der Waals surface area (Å²) in [5, 5.41) is 0. The molecular weight excluding hydrogens is 118 g/mol. The van der Waals surface area contributed by atoms with E-state index in [1.807, 2.05) is 6.92 Å². The van der Waals surface area contributed by atoms with Gasteiger partial charge in [-0.3, -0.25) is 0 Å². The molecule has 0 spiro atoms. The smallest absolute Gasteiger partial charge is 0.409 e. The zero-order valence-electron chi connectivity index (χ0n) is 5.76. The van der Waals surface area contributed by atoms with E-state index in [9.17, 15) is 4.79 Å². The molecule has 1 rings (SSSR count). The average molecular weight is 129 g/mol. The van der Waals surface area contributed by atoms with Crippen molar-refractivity contribution in [1.29, 1.82) is 0 Å². The lowest BCUT2D eigenvalue weighted by Gasteiger charge is -2.01. The summed E-state index contributed by atoms with van der Waals surface area (Å²) in [6.45, 7) is 2.76. The number of carbonyl (C=O) groups is 1. The maximum absolute atomic E-state index is 10.6. The summed E-state index contributed by atoms with van der Waals surface area (Å²) < 4.78 is 4.91. The Hall–Kier alpha value is -0.730. The second kappa shape index (κ2) is 2.25. The molecule has 0 N–H and O–H groups in total. The van der Waals surface area contributed by atoms with E-state index >= 15 is 0 Å². The molecular formula is C6H11NO2. The van der Waals surface area contributed by atoms with E-state index in [1.54, 1.807) is 11.9 Å². The Morgan fingerprint density at radius 2 is 2.56 bits per heavy atom. The van der Waals surface area contributed by atoms with E-state index in [1.165, 1.54) is 0 Å². The van der Waals surface area contributed by atoms with Crippen molar-refractivity contribution < 1.29 is 9.53 Å². The molecule has 0 bridgehead atoms. The summed E-state index contributed by atoms with van der Waals surface area (Å²) in [4.78, 5) is 12.2. The highest BCUT2D eigenvalue weighted by molar-refractivity contribution is 5.69. The van der Waals surface area contributed by atoms with E-state index in [2.05, 4.69) is 0 Å². The van der Waals surface area contributed by atoms with Crippen molar-refractivity contribution in [2.24, 2.45) is 0 Å². The zero-order chi connectivity index (χ0) is 6.85. The van der Waals surface area contributed by atoms with Crippen molar-refractivity contribution in [3.05, 3.63) is 0 Å².